The van der Waals surface area contributed by atoms with Gasteiger partial charge >= 0.3 is 0 Å². The fourth-order valence-electron chi connectivity index (χ4n) is 4.00. The number of carbonyl (C=O) groups excluding carboxylic acids is 1. The van der Waals surface area contributed by atoms with Gasteiger partial charge in [-0.3, -0.25) is 4.79 Å². The second-order valence-corrected chi connectivity index (χ2v) is 8.84. The van der Waals surface area contributed by atoms with Crippen molar-refractivity contribution in [2.75, 3.05) is 26.2 Å². The number of benzene rings is 1. The molecule has 5 nitrogen and oxygen atoms in total. The van der Waals surface area contributed by atoms with Crippen molar-refractivity contribution in [3.05, 3.63) is 60.4 Å². The number of hydrogen-bond donors (Lipinski definition) is 1. The summed E-state index contributed by atoms with van der Waals surface area (Å²) < 4.78 is 2.02. The van der Waals surface area contributed by atoms with E-state index >= 15 is 0 Å². The van der Waals surface area contributed by atoms with E-state index in [4.69, 9.17) is 0 Å². The van der Waals surface area contributed by atoms with Gasteiger partial charge in [-0.15, -0.1) is 11.8 Å². The SMILES string of the molecule is O=C(Cn1ccc2c(SCc3ccccc3)nccc21)NCCN1CCCCCC1. The Bertz CT molecular complexity index is 948. The number of pyridine rings is 1. The molecule has 0 unspecified atom stereocenters. The second kappa shape index (κ2) is 10.6. The number of amides is 1. The van der Waals surface area contributed by atoms with Crippen LogP contribution in [-0.2, 0) is 17.1 Å². The average Bonchev–Trinajstić information content (AvgIpc) is 3.00. The number of nitrogens with one attached hydrogen (secondary N) is 1. The van der Waals surface area contributed by atoms with Gasteiger partial charge in [-0.05, 0) is 43.6 Å². The fraction of sp³-hybridized carbons (Fsp3) is 0.417. The Hall–Kier alpha value is -2.31. The van der Waals surface area contributed by atoms with Gasteiger partial charge in [0.2, 0.25) is 5.91 Å². The van der Waals surface area contributed by atoms with Crippen LogP contribution < -0.4 is 5.32 Å². The molecule has 1 saturated heterocycles. The quantitative estimate of drug-likeness (QED) is 0.549. The van der Waals surface area contributed by atoms with Gasteiger partial charge in [0.15, 0.2) is 0 Å². The summed E-state index contributed by atoms with van der Waals surface area (Å²) in [6.07, 6.45) is 9.06. The minimum atomic E-state index is 0.0672. The molecule has 0 aliphatic carbocycles. The summed E-state index contributed by atoms with van der Waals surface area (Å²) in [6.45, 7) is 4.33. The first-order valence-corrected chi connectivity index (χ1v) is 11.9. The van der Waals surface area contributed by atoms with E-state index < -0.39 is 0 Å². The van der Waals surface area contributed by atoms with Crippen molar-refractivity contribution in [2.24, 2.45) is 0 Å². The van der Waals surface area contributed by atoms with Crippen molar-refractivity contribution < 1.29 is 4.79 Å². The minimum Gasteiger partial charge on any atom is -0.353 e. The largest absolute Gasteiger partial charge is 0.353 e. The number of thioether (sulfide) groups is 1. The standard InChI is InChI=1S/C24H30N4OS/c29-23(25-13-17-27-14-6-1-2-7-15-27)18-28-16-11-21-22(28)10-12-26-24(21)30-19-20-8-4-3-5-9-20/h3-5,8-12,16H,1-2,6-7,13-15,17-19H2,(H,25,29). The lowest BCUT2D eigenvalue weighted by Gasteiger charge is -2.19. The number of carbonyl (C=O) groups is 1. The van der Waals surface area contributed by atoms with Gasteiger partial charge in [-0.1, -0.05) is 43.2 Å². The van der Waals surface area contributed by atoms with Crippen LogP contribution in [0.1, 0.15) is 31.2 Å². The van der Waals surface area contributed by atoms with Crippen molar-refractivity contribution in [3.63, 3.8) is 0 Å². The van der Waals surface area contributed by atoms with E-state index in [2.05, 4.69) is 45.5 Å². The summed E-state index contributed by atoms with van der Waals surface area (Å²) in [5.74, 6) is 0.951. The maximum atomic E-state index is 12.5. The zero-order valence-corrected chi connectivity index (χ0v) is 18.2. The summed E-state index contributed by atoms with van der Waals surface area (Å²) in [7, 11) is 0. The van der Waals surface area contributed by atoms with E-state index in [-0.39, 0.29) is 5.91 Å². The summed E-state index contributed by atoms with van der Waals surface area (Å²) in [4.78, 5) is 19.5. The van der Waals surface area contributed by atoms with Crippen LogP contribution in [0.3, 0.4) is 0 Å². The highest BCUT2D eigenvalue weighted by Gasteiger charge is 2.12. The lowest BCUT2D eigenvalue weighted by molar-refractivity contribution is -0.121. The molecule has 2 aromatic heterocycles. The van der Waals surface area contributed by atoms with Crippen LogP contribution in [-0.4, -0.2) is 46.5 Å². The van der Waals surface area contributed by atoms with Crippen molar-refractivity contribution in [1.82, 2.24) is 19.8 Å². The van der Waals surface area contributed by atoms with Crippen molar-refractivity contribution in [3.8, 4) is 0 Å². The lowest BCUT2D eigenvalue weighted by Crippen LogP contribution is -2.36. The second-order valence-electron chi connectivity index (χ2n) is 7.87. The molecule has 1 N–H and O–H groups in total. The molecule has 0 bridgehead atoms. The summed E-state index contributed by atoms with van der Waals surface area (Å²) >= 11 is 1.74. The van der Waals surface area contributed by atoms with E-state index in [9.17, 15) is 4.79 Å². The Morgan fingerprint density at radius 2 is 1.83 bits per heavy atom. The number of fused-ring (bicyclic) bond motifs is 1. The molecular weight excluding hydrogens is 392 g/mol. The minimum absolute atomic E-state index is 0.0672. The number of likely N-dealkylation sites (tertiary alicyclic amines) is 1. The van der Waals surface area contributed by atoms with Gasteiger partial charge in [0.05, 0.1) is 5.52 Å². The highest BCUT2D eigenvalue weighted by atomic mass is 32.2. The molecule has 1 aliphatic rings. The summed E-state index contributed by atoms with van der Waals surface area (Å²) in [5.41, 5.74) is 2.34. The Morgan fingerprint density at radius 1 is 1.03 bits per heavy atom. The van der Waals surface area contributed by atoms with Gasteiger partial charge in [-0.2, -0.15) is 0 Å². The zero-order chi connectivity index (χ0) is 20.6. The molecule has 3 heterocycles. The highest BCUT2D eigenvalue weighted by Crippen LogP contribution is 2.29. The van der Waals surface area contributed by atoms with Gasteiger partial charge in [0.1, 0.15) is 11.6 Å². The third kappa shape index (κ3) is 5.64. The van der Waals surface area contributed by atoms with Crippen LogP contribution >= 0.6 is 11.8 Å². The van der Waals surface area contributed by atoms with Crippen molar-refractivity contribution in [1.29, 1.82) is 0 Å². The van der Waals surface area contributed by atoms with Crippen LogP contribution in [0, 0.1) is 0 Å². The van der Waals surface area contributed by atoms with Crippen LogP contribution in [0.4, 0.5) is 0 Å². The third-order valence-corrected chi connectivity index (χ3v) is 6.72. The maximum Gasteiger partial charge on any atom is 0.239 e. The van der Waals surface area contributed by atoms with Gasteiger partial charge in [-0.25, -0.2) is 4.98 Å². The van der Waals surface area contributed by atoms with Gasteiger partial charge in [0.25, 0.3) is 0 Å². The van der Waals surface area contributed by atoms with Crippen LogP contribution in [0.15, 0.2) is 59.9 Å². The van der Waals surface area contributed by atoms with Crippen LogP contribution in [0.2, 0.25) is 0 Å². The van der Waals surface area contributed by atoms with Crippen molar-refractivity contribution >= 4 is 28.6 Å². The number of rotatable bonds is 8. The van der Waals surface area contributed by atoms with E-state index in [0.717, 1.165) is 47.9 Å². The van der Waals surface area contributed by atoms with Gasteiger partial charge in [0, 0.05) is 36.6 Å². The average molecular weight is 423 g/mol. The molecule has 158 valence electrons. The molecule has 0 spiro atoms. The molecule has 1 aromatic carbocycles. The van der Waals surface area contributed by atoms with E-state index in [1.54, 1.807) is 11.8 Å². The lowest BCUT2D eigenvalue weighted by atomic mass is 10.2. The first kappa shape index (κ1) is 20.9. The monoisotopic (exact) mass is 422 g/mol. The van der Waals surface area contributed by atoms with E-state index in [1.807, 2.05) is 29.1 Å². The summed E-state index contributed by atoms with van der Waals surface area (Å²) in [5, 5.41) is 5.21. The molecule has 1 fully saturated rings. The van der Waals surface area contributed by atoms with Crippen LogP contribution in [0.25, 0.3) is 10.9 Å². The number of aromatic nitrogens is 2. The Morgan fingerprint density at radius 3 is 2.63 bits per heavy atom. The molecule has 4 rings (SSSR count). The predicted octanol–water partition coefficient (Wildman–Crippen LogP) is 4.32. The molecule has 6 heteroatoms. The first-order valence-electron chi connectivity index (χ1n) is 10.9. The summed E-state index contributed by atoms with van der Waals surface area (Å²) in [6, 6.07) is 14.5. The molecule has 0 radical (unpaired) electrons. The highest BCUT2D eigenvalue weighted by molar-refractivity contribution is 7.98. The molecule has 1 aliphatic heterocycles. The van der Waals surface area contributed by atoms with E-state index in [1.165, 1.54) is 31.2 Å². The Kier molecular flexibility index (Phi) is 7.43. The fourth-order valence-corrected chi connectivity index (χ4v) is 4.96. The Labute approximate surface area is 182 Å². The molecular formula is C24H30N4OS. The van der Waals surface area contributed by atoms with Gasteiger partial charge < -0.3 is 14.8 Å². The molecule has 30 heavy (non-hydrogen) atoms. The number of nitrogens with zero attached hydrogens (tertiary/aromatic N) is 3. The normalized spacial score (nSPS) is 15.2. The van der Waals surface area contributed by atoms with E-state index in [0.29, 0.717) is 6.54 Å². The topological polar surface area (TPSA) is 50.2 Å². The molecule has 0 atom stereocenters. The van der Waals surface area contributed by atoms with Crippen molar-refractivity contribution in [2.45, 2.75) is 43.0 Å². The predicted molar refractivity (Wildman–Crippen MR) is 124 cm³/mol. The first-order chi connectivity index (χ1) is 14.8. The molecule has 3 aromatic rings. The third-order valence-electron chi connectivity index (χ3n) is 5.64. The molecule has 1 amide bonds. The zero-order valence-electron chi connectivity index (χ0n) is 17.4. The number of hydrogen-bond acceptors (Lipinski definition) is 4. The smallest absolute Gasteiger partial charge is 0.239 e. The maximum absolute atomic E-state index is 12.5. The molecule has 0 saturated carbocycles. The van der Waals surface area contributed by atoms with Crippen LogP contribution in [0.5, 0.6) is 0 Å². The Balaban J connectivity index is 1.32.